The molecule has 0 bridgehead atoms. The van der Waals surface area contributed by atoms with Gasteiger partial charge in [-0.2, -0.15) is 9.40 Å². The van der Waals surface area contributed by atoms with Crippen LogP contribution in [0.4, 0.5) is 5.82 Å². The van der Waals surface area contributed by atoms with Crippen molar-refractivity contribution in [1.29, 1.82) is 0 Å². The van der Waals surface area contributed by atoms with E-state index in [0.717, 1.165) is 39.0 Å². The molecule has 1 N–H and O–H groups in total. The first kappa shape index (κ1) is 27.0. The Labute approximate surface area is 224 Å². The molecule has 0 aliphatic heterocycles. The lowest BCUT2D eigenvalue weighted by Crippen LogP contribution is -2.37. The molecule has 1 amide bonds. The number of carbonyl (C=O) groups is 1. The molecule has 196 valence electrons. The standard InChI is InChI=1S/C30H32N4O3S/c1-4-20-33(38(36,37)21-19-25-14-7-5-8-15-25)22-28(35)31-30-29(26-16-9-6-10-17-26)24(3)32-34(30)27-18-12-11-13-23(27)2/h5-19,21H,4,20,22H2,1-3H3,(H,31,35)/b21-19+. The van der Waals surface area contributed by atoms with Gasteiger partial charge in [0.05, 0.1) is 17.9 Å². The number of benzene rings is 3. The number of hydrogen-bond acceptors (Lipinski definition) is 4. The highest BCUT2D eigenvalue weighted by atomic mass is 32.2. The number of para-hydroxylation sites is 1. The number of rotatable bonds is 10. The van der Waals surface area contributed by atoms with Crippen molar-refractivity contribution in [3.8, 4) is 16.8 Å². The van der Waals surface area contributed by atoms with Gasteiger partial charge in [0.25, 0.3) is 0 Å². The molecular formula is C30H32N4O3S. The SMILES string of the molecule is CCCN(CC(=O)Nc1c(-c2ccccc2)c(C)nn1-c1ccccc1C)S(=O)(=O)/C=C/c1ccccc1. The number of hydrogen-bond donors (Lipinski definition) is 1. The number of aryl methyl sites for hydroxylation is 2. The van der Waals surface area contributed by atoms with Crippen LogP contribution < -0.4 is 5.32 Å². The first-order valence-electron chi connectivity index (χ1n) is 12.5. The molecule has 0 fully saturated rings. The molecule has 0 saturated carbocycles. The number of aromatic nitrogens is 2. The number of amides is 1. The first-order chi connectivity index (χ1) is 18.3. The zero-order valence-electron chi connectivity index (χ0n) is 21.8. The Kier molecular flexibility index (Phi) is 8.55. The largest absolute Gasteiger partial charge is 0.309 e. The fourth-order valence-electron chi connectivity index (χ4n) is 4.26. The van der Waals surface area contributed by atoms with E-state index < -0.39 is 15.9 Å². The zero-order valence-corrected chi connectivity index (χ0v) is 22.7. The van der Waals surface area contributed by atoms with Gasteiger partial charge in [-0.15, -0.1) is 0 Å². The van der Waals surface area contributed by atoms with E-state index in [4.69, 9.17) is 5.10 Å². The highest BCUT2D eigenvalue weighted by Gasteiger charge is 2.25. The van der Waals surface area contributed by atoms with Gasteiger partial charge in [0, 0.05) is 17.5 Å². The summed E-state index contributed by atoms with van der Waals surface area (Å²) in [6.45, 7) is 5.66. The monoisotopic (exact) mass is 528 g/mol. The molecule has 7 nitrogen and oxygen atoms in total. The number of sulfonamides is 1. The third-order valence-corrected chi connectivity index (χ3v) is 7.62. The topological polar surface area (TPSA) is 84.3 Å². The van der Waals surface area contributed by atoms with Gasteiger partial charge in [0.1, 0.15) is 5.82 Å². The molecule has 4 rings (SSSR count). The number of nitrogens with zero attached hydrogens (tertiary/aromatic N) is 3. The van der Waals surface area contributed by atoms with Crippen LogP contribution in [-0.2, 0) is 14.8 Å². The van der Waals surface area contributed by atoms with Gasteiger partial charge in [0.2, 0.25) is 15.9 Å². The quantitative estimate of drug-likeness (QED) is 0.282. The highest BCUT2D eigenvalue weighted by Crippen LogP contribution is 2.34. The zero-order chi connectivity index (χ0) is 27.1. The van der Waals surface area contributed by atoms with E-state index >= 15 is 0 Å². The van der Waals surface area contributed by atoms with Crippen LogP contribution in [0.5, 0.6) is 0 Å². The molecule has 3 aromatic carbocycles. The molecular weight excluding hydrogens is 496 g/mol. The lowest BCUT2D eigenvalue weighted by Gasteiger charge is -2.20. The Hall–Kier alpha value is -4.01. The Morgan fingerprint density at radius 3 is 2.24 bits per heavy atom. The van der Waals surface area contributed by atoms with Crippen LogP contribution >= 0.6 is 0 Å². The van der Waals surface area contributed by atoms with Gasteiger partial charge in [-0.05, 0) is 49.1 Å². The molecule has 0 atom stereocenters. The van der Waals surface area contributed by atoms with E-state index in [1.54, 1.807) is 10.8 Å². The van der Waals surface area contributed by atoms with E-state index in [-0.39, 0.29) is 13.1 Å². The Morgan fingerprint density at radius 1 is 0.947 bits per heavy atom. The molecule has 0 aliphatic carbocycles. The van der Waals surface area contributed by atoms with Crippen LogP contribution in [0.2, 0.25) is 0 Å². The van der Waals surface area contributed by atoms with Crippen molar-refractivity contribution >= 4 is 27.8 Å². The molecule has 0 spiro atoms. The summed E-state index contributed by atoms with van der Waals surface area (Å²) in [5, 5.41) is 8.90. The van der Waals surface area contributed by atoms with Gasteiger partial charge in [-0.1, -0.05) is 85.8 Å². The van der Waals surface area contributed by atoms with E-state index in [2.05, 4.69) is 5.32 Å². The van der Waals surface area contributed by atoms with Crippen LogP contribution in [0.3, 0.4) is 0 Å². The third kappa shape index (κ3) is 6.27. The minimum absolute atomic E-state index is 0.219. The smallest absolute Gasteiger partial charge is 0.240 e. The second kappa shape index (κ2) is 12.0. The Morgan fingerprint density at radius 2 is 1.58 bits per heavy atom. The van der Waals surface area contributed by atoms with Gasteiger partial charge in [-0.3, -0.25) is 4.79 Å². The van der Waals surface area contributed by atoms with Gasteiger partial charge >= 0.3 is 0 Å². The summed E-state index contributed by atoms with van der Waals surface area (Å²) < 4.78 is 29.2. The molecule has 38 heavy (non-hydrogen) atoms. The van der Waals surface area contributed by atoms with Crippen molar-refractivity contribution in [3.63, 3.8) is 0 Å². The van der Waals surface area contributed by atoms with E-state index in [0.29, 0.717) is 12.2 Å². The second-order valence-corrected chi connectivity index (χ2v) is 10.8. The molecule has 4 aromatic rings. The molecule has 0 radical (unpaired) electrons. The number of anilines is 1. The van der Waals surface area contributed by atoms with Gasteiger partial charge in [0.15, 0.2) is 0 Å². The van der Waals surface area contributed by atoms with Crippen LogP contribution in [0.25, 0.3) is 22.9 Å². The molecule has 0 aliphatic rings. The predicted octanol–water partition coefficient (Wildman–Crippen LogP) is 5.81. The third-order valence-electron chi connectivity index (χ3n) is 6.11. The predicted molar refractivity (Wildman–Crippen MR) is 153 cm³/mol. The maximum atomic E-state index is 13.4. The van der Waals surface area contributed by atoms with E-state index in [9.17, 15) is 13.2 Å². The lowest BCUT2D eigenvalue weighted by atomic mass is 10.1. The Balaban J connectivity index is 1.67. The fourth-order valence-corrected chi connectivity index (χ4v) is 5.50. The van der Waals surface area contributed by atoms with Crippen LogP contribution in [-0.4, -0.2) is 41.5 Å². The van der Waals surface area contributed by atoms with Crippen molar-refractivity contribution in [2.24, 2.45) is 0 Å². The number of carbonyl (C=O) groups excluding carboxylic acids is 1. The maximum absolute atomic E-state index is 13.4. The lowest BCUT2D eigenvalue weighted by molar-refractivity contribution is -0.116. The summed E-state index contributed by atoms with van der Waals surface area (Å²) >= 11 is 0. The first-order valence-corrected chi connectivity index (χ1v) is 14.0. The van der Waals surface area contributed by atoms with Gasteiger partial charge < -0.3 is 5.32 Å². The minimum Gasteiger partial charge on any atom is -0.309 e. The minimum atomic E-state index is -3.83. The summed E-state index contributed by atoms with van der Waals surface area (Å²) in [4.78, 5) is 13.4. The van der Waals surface area contributed by atoms with Crippen molar-refractivity contribution in [2.45, 2.75) is 27.2 Å². The van der Waals surface area contributed by atoms with Crippen LogP contribution in [0, 0.1) is 13.8 Å². The van der Waals surface area contributed by atoms with Crippen LogP contribution in [0.1, 0.15) is 30.2 Å². The summed E-state index contributed by atoms with van der Waals surface area (Å²) in [5.41, 5.74) is 5.03. The molecule has 1 aromatic heterocycles. The molecule has 0 saturated heterocycles. The van der Waals surface area contributed by atoms with Crippen molar-refractivity contribution in [1.82, 2.24) is 14.1 Å². The van der Waals surface area contributed by atoms with E-state index in [1.165, 1.54) is 4.31 Å². The second-order valence-electron chi connectivity index (χ2n) is 9.01. The van der Waals surface area contributed by atoms with Crippen LogP contribution in [0.15, 0.2) is 90.3 Å². The fraction of sp³-hybridized carbons (Fsp3) is 0.200. The maximum Gasteiger partial charge on any atom is 0.240 e. The molecule has 1 heterocycles. The van der Waals surface area contributed by atoms with E-state index in [1.807, 2.05) is 106 Å². The van der Waals surface area contributed by atoms with Gasteiger partial charge in [-0.25, -0.2) is 13.1 Å². The average Bonchev–Trinajstić information content (AvgIpc) is 3.23. The van der Waals surface area contributed by atoms with Crippen molar-refractivity contribution in [2.75, 3.05) is 18.4 Å². The van der Waals surface area contributed by atoms with Crippen molar-refractivity contribution < 1.29 is 13.2 Å². The summed E-state index contributed by atoms with van der Waals surface area (Å²) in [6.07, 6.45) is 2.11. The summed E-state index contributed by atoms with van der Waals surface area (Å²) in [6, 6.07) is 26.7. The highest BCUT2D eigenvalue weighted by molar-refractivity contribution is 7.92. The summed E-state index contributed by atoms with van der Waals surface area (Å²) in [7, 11) is -3.83. The Bertz CT molecular complexity index is 1530. The normalized spacial score (nSPS) is 11.8. The number of nitrogens with one attached hydrogen (secondary N) is 1. The molecule has 0 unspecified atom stereocenters. The summed E-state index contributed by atoms with van der Waals surface area (Å²) in [5.74, 6) is 0.0590. The average molecular weight is 529 g/mol. The molecule has 8 heteroatoms. The van der Waals surface area contributed by atoms with Crippen molar-refractivity contribution in [3.05, 3.63) is 107 Å².